The van der Waals surface area contributed by atoms with Gasteiger partial charge in [-0.1, -0.05) is 22.0 Å². The summed E-state index contributed by atoms with van der Waals surface area (Å²) in [5, 5.41) is 0.930. The fourth-order valence-electron chi connectivity index (χ4n) is 1.87. The molecule has 2 heterocycles. The van der Waals surface area contributed by atoms with Crippen molar-refractivity contribution in [3.63, 3.8) is 0 Å². The van der Waals surface area contributed by atoms with Crippen LogP contribution in [0.3, 0.4) is 0 Å². The van der Waals surface area contributed by atoms with E-state index >= 15 is 0 Å². The second-order valence-electron chi connectivity index (χ2n) is 4.13. The number of nitrogens with zero attached hydrogens (tertiary/aromatic N) is 3. The number of nitrogen functional groups attached to an aromatic ring is 2. The van der Waals surface area contributed by atoms with Crippen molar-refractivity contribution in [1.82, 2.24) is 15.0 Å². The van der Waals surface area contributed by atoms with E-state index in [1.54, 1.807) is 12.3 Å². The molecule has 21 heavy (non-hydrogen) atoms. The number of fused-ring (bicyclic) bond motifs is 1. The normalized spacial score (nSPS) is 10.6. The molecule has 0 spiro atoms. The molecule has 0 saturated heterocycles. The lowest BCUT2D eigenvalue weighted by atomic mass is 10.2. The number of hydrogen-bond acceptors (Lipinski definition) is 7. The van der Waals surface area contributed by atoms with Crippen LogP contribution in [0.4, 0.5) is 11.5 Å². The fourth-order valence-corrected chi connectivity index (χ4v) is 2.33. The predicted octanol–water partition coefficient (Wildman–Crippen LogP) is 2.45. The number of hydrazine groups is 1. The molecule has 0 aliphatic carbocycles. The lowest BCUT2D eigenvalue weighted by molar-refractivity contribution is 0.468. The Morgan fingerprint density at radius 3 is 2.81 bits per heavy atom. The average Bonchev–Trinajstić information content (AvgIpc) is 2.52. The van der Waals surface area contributed by atoms with Crippen molar-refractivity contribution in [2.75, 3.05) is 11.2 Å². The van der Waals surface area contributed by atoms with Crippen LogP contribution in [0, 0.1) is 0 Å². The van der Waals surface area contributed by atoms with Crippen LogP contribution < -0.4 is 21.7 Å². The third kappa shape index (κ3) is 2.46. The number of ether oxygens (including phenoxy) is 1. The maximum absolute atomic E-state index is 5.89. The number of nitrogens with two attached hydrogens (primary N) is 2. The maximum atomic E-state index is 5.89. The maximum Gasteiger partial charge on any atom is 0.248 e. The van der Waals surface area contributed by atoms with Gasteiger partial charge in [-0.3, -0.25) is 4.98 Å². The molecule has 0 bridgehead atoms. The van der Waals surface area contributed by atoms with Crippen molar-refractivity contribution in [2.45, 2.75) is 0 Å². The first kappa shape index (κ1) is 13.5. The van der Waals surface area contributed by atoms with E-state index in [1.165, 1.54) is 6.33 Å². The van der Waals surface area contributed by atoms with Crippen molar-refractivity contribution in [2.24, 2.45) is 5.84 Å². The number of aromatic nitrogens is 3. The monoisotopic (exact) mass is 346 g/mol. The Kier molecular flexibility index (Phi) is 3.55. The summed E-state index contributed by atoms with van der Waals surface area (Å²) in [6, 6.07) is 7.46. The van der Waals surface area contributed by atoms with Crippen molar-refractivity contribution in [3.05, 3.63) is 41.3 Å². The molecule has 0 amide bonds. The molecule has 0 saturated carbocycles. The Hall–Kier alpha value is -2.45. The molecular weight excluding hydrogens is 336 g/mol. The summed E-state index contributed by atoms with van der Waals surface area (Å²) in [5.74, 6) is 6.39. The minimum atomic E-state index is 0.215. The Bertz CT molecular complexity index is 810. The molecule has 3 aromatic rings. The van der Waals surface area contributed by atoms with E-state index in [0.717, 1.165) is 9.86 Å². The van der Waals surface area contributed by atoms with Crippen LogP contribution in [0.15, 0.2) is 41.3 Å². The first-order valence-electron chi connectivity index (χ1n) is 5.99. The van der Waals surface area contributed by atoms with Crippen molar-refractivity contribution >= 4 is 38.3 Å². The van der Waals surface area contributed by atoms with Crippen molar-refractivity contribution < 1.29 is 4.74 Å². The fraction of sp³-hybridized carbons (Fsp3) is 0. The van der Waals surface area contributed by atoms with Gasteiger partial charge in [0.1, 0.15) is 17.5 Å². The zero-order chi connectivity index (χ0) is 14.8. The highest BCUT2D eigenvalue weighted by atomic mass is 79.9. The Morgan fingerprint density at radius 2 is 2.00 bits per heavy atom. The Balaban J connectivity index is 2.09. The summed E-state index contributed by atoms with van der Waals surface area (Å²) >= 11 is 3.48. The van der Waals surface area contributed by atoms with Gasteiger partial charge >= 0.3 is 0 Å². The summed E-state index contributed by atoms with van der Waals surface area (Å²) in [5.41, 5.74) is 9.21. The van der Waals surface area contributed by atoms with E-state index in [1.807, 2.05) is 18.2 Å². The molecule has 0 aliphatic heterocycles. The SMILES string of the molecule is NNc1ncnc(Oc2ccc(Br)c3cccnc23)c1N. The standard InChI is InChI=1S/C13H11BrN6O/c14-8-3-4-9(11-7(8)2-1-5-17-11)21-13-10(15)12(20-16)18-6-19-13/h1-6H,15-16H2,(H,18,19,20). The third-order valence-electron chi connectivity index (χ3n) is 2.87. The van der Waals surface area contributed by atoms with Crippen LogP contribution in [-0.2, 0) is 0 Å². The number of anilines is 2. The molecule has 3 rings (SSSR count). The van der Waals surface area contributed by atoms with E-state index in [0.29, 0.717) is 17.1 Å². The Morgan fingerprint density at radius 1 is 1.14 bits per heavy atom. The largest absolute Gasteiger partial charge is 0.435 e. The first-order valence-corrected chi connectivity index (χ1v) is 6.78. The molecule has 2 aromatic heterocycles. The van der Waals surface area contributed by atoms with Crippen LogP contribution in [0.2, 0.25) is 0 Å². The lowest BCUT2D eigenvalue weighted by Gasteiger charge is -2.11. The van der Waals surface area contributed by atoms with Gasteiger partial charge in [0.05, 0.1) is 0 Å². The number of halogens is 1. The smallest absolute Gasteiger partial charge is 0.248 e. The molecular formula is C13H11BrN6O. The van der Waals surface area contributed by atoms with Gasteiger partial charge in [-0.05, 0) is 18.2 Å². The number of hydrogen-bond donors (Lipinski definition) is 3. The minimum Gasteiger partial charge on any atom is -0.435 e. The summed E-state index contributed by atoms with van der Waals surface area (Å²) in [6.45, 7) is 0. The highest BCUT2D eigenvalue weighted by Crippen LogP contribution is 2.34. The van der Waals surface area contributed by atoms with Crippen LogP contribution in [0.25, 0.3) is 10.9 Å². The summed E-state index contributed by atoms with van der Waals surface area (Å²) in [6.07, 6.45) is 3.01. The van der Waals surface area contributed by atoms with E-state index < -0.39 is 0 Å². The van der Waals surface area contributed by atoms with E-state index in [9.17, 15) is 0 Å². The quantitative estimate of drug-likeness (QED) is 0.493. The number of benzene rings is 1. The Labute approximate surface area is 128 Å². The van der Waals surface area contributed by atoms with Gasteiger partial charge < -0.3 is 15.9 Å². The van der Waals surface area contributed by atoms with E-state index in [2.05, 4.69) is 36.3 Å². The van der Waals surface area contributed by atoms with Gasteiger partial charge in [0.2, 0.25) is 5.88 Å². The third-order valence-corrected chi connectivity index (χ3v) is 3.56. The van der Waals surface area contributed by atoms with Crippen LogP contribution in [-0.4, -0.2) is 15.0 Å². The van der Waals surface area contributed by atoms with E-state index in [4.69, 9.17) is 16.3 Å². The molecule has 8 heteroatoms. The summed E-state index contributed by atoms with van der Waals surface area (Å²) in [7, 11) is 0. The van der Waals surface area contributed by atoms with E-state index in [-0.39, 0.29) is 11.6 Å². The van der Waals surface area contributed by atoms with Crippen molar-refractivity contribution in [1.29, 1.82) is 0 Å². The number of pyridine rings is 1. The van der Waals surface area contributed by atoms with Gasteiger partial charge in [0.25, 0.3) is 0 Å². The van der Waals surface area contributed by atoms with Crippen LogP contribution >= 0.6 is 15.9 Å². The zero-order valence-electron chi connectivity index (χ0n) is 10.7. The average molecular weight is 347 g/mol. The second-order valence-corrected chi connectivity index (χ2v) is 4.99. The molecule has 0 fully saturated rings. The summed E-state index contributed by atoms with van der Waals surface area (Å²) in [4.78, 5) is 12.2. The van der Waals surface area contributed by atoms with Crippen LogP contribution in [0.1, 0.15) is 0 Å². The van der Waals surface area contributed by atoms with Crippen molar-refractivity contribution in [3.8, 4) is 11.6 Å². The number of rotatable bonds is 3. The minimum absolute atomic E-state index is 0.215. The highest BCUT2D eigenvalue weighted by Gasteiger charge is 2.12. The predicted molar refractivity (Wildman–Crippen MR) is 83.8 cm³/mol. The summed E-state index contributed by atoms with van der Waals surface area (Å²) < 4.78 is 6.69. The van der Waals surface area contributed by atoms with Gasteiger partial charge in [-0.15, -0.1) is 0 Å². The second kappa shape index (κ2) is 5.51. The lowest BCUT2D eigenvalue weighted by Crippen LogP contribution is -2.12. The van der Waals surface area contributed by atoms with Gasteiger partial charge in [0.15, 0.2) is 11.6 Å². The first-order chi connectivity index (χ1) is 10.2. The topological polar surface area (TPSA) is 112 Å². The molecule has 0 unspecified atom stereocenters. The molecule has 7 nitrogen and oxygen atoms in total. The molecule has 0 radical (unpaired) electrons. The van der Waals surface area contributed by atoms with Gasteiger partial charge in [0, 0.05) is 16.1 Å². The molecule has 1 aromatic carbocycles. The molecule has 0 atom stereocenters. The molecule has 106 valence electrons. The zero-order valence-corrected chi connectivity index (χ0v) is 12.3. The highest BCUT2D eigenvalue weighted by molar-refractivity contribution is 9.10. The molecule has 5 N–H and O–H groups in total. The van der Waals surface area contributed by atoms with Gasteiger partial charge in [-0.25, -0.2) is 10.8 Å². The number of nitrogens with one attached hydrogen (secondary N) is 1. The van der Waals surface area contributed by atoms with Crippen LogP contribution in [0.5, 0.6) is 11.6 Å². The van der Waals surface area contributed by atoms with Gasteiger partial charge in [-0.2, -0.15) is 4.98 Å². The molecule has 0 aliphatic rings.